The molecule has 3 heterocycles. The minimum atomic E-state index is -3.99. The molecule has 0 radical (unpaired) electrons. The van der Waals surface area contributed by atoms with Crippen LogP contribution in [0, 0.1) is 12.8 Å². The Morgan fingerprint density at radius 3 is 2.89 bits per heavy atom. The van der Waals surface area contributed by atoms with E-state index < -0.39 is 43.5 Å². The van der Waals surface area contributed by atoms with Gasteiger partial charge in [0.15, 0.2) is 0 Å². The minimum absolute atomic E-state index is 0.0471. The van der Waals surface area contributed by atoms with E-state index in [2.05, 4.69) is 20.9 Å². The number of benzene rings is 1. The molecule has 0 aliphatic carbocycles. The zero-order chi connectivity index (χ0) is 26.7. The molecular weight excluding hydrogens is 571 g/mol. The van der Waals surface area contributed by atoms with E-state index in [0.29, 0.717) is 12.2 Å². The van der Waals surface area contributed by atoms with Crippen LogP contribution in [0.25, 0.3) is 6.08 Å². The van der Waals surface area contributed by atoms with Gasteiger partial charge in [-0.1, -0.05) is 48.0 Å². The lowest BCUT2D eigenvalue weighted by Gasteiger charge is -2.27. The number of aromatic nitrogens is 2. The number of ether oxygens (including phenoxy) is 2. The first-order chi connectivity index (χ1) is 17.6. The molecule has 0 spiro atoms. The van der Waals surface area contributed by atoms with Crippen LogP contribution in [0.4, 0.5) is 0 Å². The molecule has 1 saturated heterocycles. The normalized spacial score (nSPS) is 26.0. The van der Waals surface area contributed by atoms with Gasteiger partial charge in [-0.25, -0.2) is 9.36 Å². The molecule has 1 fully saturated rings. The van der Waals surface area contributed by atoms with Gasteiger partial charge in [0, 0.05) is 18.2 Å². The Labute approximate surface area is 221 Å². The van der Waals surface area contributed by atoms with E-state index in [-0.39, 0.29) is 31.1 Å². The number of H-pyrrole nitrogens is 1. The number of hydrogen-bond donors (Lipinski definition) is 1. The second-order valence-electron chi connectivity index (χ2n) is 8.86. The van der Waals surface area contributed by atoms with Gasteiger partial charge < -0.3 is 14.0 Å². The summed E-state index contributed by atoms with van der Waals surface area (Å²) in [5.74, 6) is -0.344. The minimum Gasteiger partial charge on any atom is -0.459 e. The molecule has 37 heavy (non-hydrogen) atoms. The van der Waals surface area contributed by atoms with Crippen LogP contribution in [0.1, 0.15) is 49.6 Å². The highest BCUT2D eigenvalue weighted by atomic mass is 79.9. The van der Waals surface area contributed by atoms with Gasteiger partial charge in [-0.2, -0.15) is 0 Å². The molecule has 1 N–H and O–H groups in total. The zero-order valence-corrected chi connectivity index (χ0v) is 23.0. The summed E-state index contributed by atoms with van der Waals surface area (Å²) in [6.07, 6.45) is 0.937. The van der Waals surface area contributed by atoms with Gasteiger partial charge in [-0.3, -0.25) is 28.2 Å². The van der Waals surface area contributed by atoms with Gasteiger partial charge >= 0.3 is 19.5 Å². The highest BCUT2D eigenvalue weighted by molar-refractivity contribution is 9.11. The van der Waals surface area contributed by atoms with Crippen molar-refractivity contribution in [3.63, 3.8) is 0 Å². The predicted octanol–water partition coefficient (Wildman–Crippen LogP) is 4.19. The molecule has 13 heteroatoms. The Bertz CT molecular complexity index is 1350. The van der Waals surface area contributed by atoms with Crippen LogP contribution in [0.3, 0.4) is 0 Å². The van der Waals surface area contributed by atoms with E-state index in [4.69, 9.17) is 23.0 Å². The van der Waals surface area contributed by atoms with Crippen LogP contribution in [0.5, 0.6) is 5.75 Å². The Balaban J connectivity index is 1.55. The van der Waals surface area contributed by atoms with Crippen molar-refractivity contribution in [1.29, 1.82) is 0 Å². The van der Waals surface area contributed by atoms with Gasteiger partial charge in [0.05, 0.1) is 24.7 Å². The maximum Gasteiger partial charge on any atom is 0.530 e. The molecular formula is C24H28BrN2O9P. The Hall–Kier alpha value is -2.50. The molecule has 2 aliphatic heterocycles. The molecule has 1 aromatic carbocycles. The zero-order valence-electron chi connectivity index (χ0n) is 20.5. The second kappa shape index (κ2) is 11.5. The van der Waals surface area contributed by atoms with Crippen molar-refractivity contribution in [1.82, 2.24) is 9.55 Å². The average molecular weight is 599 g/mol. The van der Waals surface area contributed by atoms with Crippen LogP contribution < -0.4 is 15.8 Å². The monoisotopic (exact) mass is 598 g/mol. The maximum absolute atomic E-state index is 13.2. The number of fused-ring (bicyclic) bond motifs is 1. The first kappa shape index (κ1) is 27.5. The third-order valence-corrected chi connectivity index (χ3v) is 7.86. The number of nitrogens with one attached hydrogen (secondary N) is 1. The van der Waals surface area contributed by atoms with Crippen molar-refractivity contribution < 1.29 is 32.4 Å². The smallest absolute Gasteiger partial charge is 0.459 e. The molecule has 2 aromatic rings. The predicted molar refractivity (Wildman–Crippen MR) is 137 cm³/mol. The lowest BCUT2D eigenvalue weighted by Crippen LogP contribution is -2.33. The molecule has 11 nitrogen and oxygen atoms in total. The summed E-state index contributed by atoms with van der Waals surface area (Å²) < 4.78 is 42.8. The molecule has 0 saturated carbocycles. The molecule has 5 atom stereocenters. The highest BCUT2D eigenvalue weighted by Crippen LogP contribution is 2.55. The van der Waals surface area contributed by atoms with Crippen LogP contribution >= 0.6 is 23.8 Å². The van der Waals surface area contributed by atoms with Crippen molar-refractivity contribution in [2.75, 3.05) is 6.61 Å². The van der Waals surface area contributed by atoms with Crippen LogP contribution in [-0.4, -0.2) is 34.3 Å². The first-order valence-corrected chi connectivity index (χ1v) is 14.2. The molecule has 200 valence electrons. The van der Waals surface area contributed by atoms with E-state index in [1.54, 1.807) is 6.92 Å². The summed E-state index contributed by atoms with van der Waals surface area (Å²) in [5, 5.41) is 0. The number of carbonyl (C=O) groups excluding carboxylic acids is 1. The highest BCUT2D eigenvalue weighted by Gasteiger charge is 2.43. The van der Waals surface area contributed by atoms with Crippen LogP contribution in [0.2, 0.25) is 0 Å². The maximum atomic E-state index is 13.2. The van der Waals surface area contributed by atoms with Crippen LogP contribution in [0.15, 0.2) is 39.0 Å². The van der Waals surface area contributed by atoms with Gasteiger partial charge in [0.2, 0.25) is 0 Å². The van der Waals surface area contributed by atoms with E-state index in [1.807, 2.05) is 32.0 Å². The standard InChI is InChI=1S/C24H28BrN2O9P/c1-4-14(2)23(29)35-18-10-20(27-11-16(8-9-25)22(28)26-24(27)30)34-19(18)13-33-37(31)32-12-17-7-5-6-15(3)21(17)36-37/h5-9,11,14,18-20H,4,10,12-13H2,1-3H3,(H,26,28,30)/b9-8+/t14?,18-,19+,20+,37?/m0/s1. The SMILES string of the molecule is CCC(C)C(=O)O[C@H]1C[C@H](n2cc(/C=C/Br)c(=O)[nH]c2=O)O[C@@H]1COP1(=O)OCc2cccc(C)c2O1. The van der Waals surface area contributed by atoms with E-state index >= 15 is 0 Å². The number of esters is 1. The fraction of sp³-hybridized carbons (Fsp3) is 0.458. The Morgan fingerprint density at radius 1 is 1.38 bits per heavy atom. The molecule has 0 amide bonds. The number of aryl methyl sites for hydroxylation is 1. The lowest BCUT2D eigenvalue weighted by atomic mass is 10.1. The summed E-state index contributed by atoms with van der Waals surface area (Å²) in [6.45, 7) is 5.19. The fourth-order valence-electron chi connectivity index (χ4n) is 3.95. The van der Waals surface area contributed by atoms with E-state index in [0.717, 1.165) is 11.1 Å². The van der Waals surface area contributed by atoms with Gasteiger partial charge in [-0.15, -0.1) is 0 Å². The topological polar surface area (TPSA) is 135 Å². The van der Waals surface area contributed by atoms with E-state index in [1.165, 1.54) is 21.8 Å². The van der Waals surface area contributed by atoms with Crippen molar-refractivity contribution >= 4 is 35.8 Å². The molecule has 2 aliphatic rings. The number of hydrogen-bond acceptors (Lipinski definition) is 9. The lowest BCUT2D eigenvalue weighted by molar-refractivity contribution is -0.157. The fourth-order valence-corrected chi connectivity index (χ4v) is 5.53. The van der Waals surface area contributed by atoms with Crippen molar-refractivity contribution in [2.45, 2.75) is 58.7 Å². The summed E-state index contributed by atoms with van der Waals surface area (Å²) in [7, 11) is -3.99. The quantitative estimate of drug-likeness (QED) is 0.350. The summed E-state index contributed by atoms with van der Waals surface area (Å²) in [4.78, 5) is 40.9. The van der Waals surface area contributed by atoms with Gasteiger partial charge in [-0.05, 0) is 30.0 Å². The van der Waals surface area contributed by atoms with Crippen molar-refractivity contribution in [2.24, 2.45) is 5.92 Å². The summed E-state index contributed by atoms with van der Waals surface area (Å²) in [6, 6.07) is 5.48. The summed E-state index contributed by atoms with van der Waals surface area (Å²) >= 11 is 3.12. The Morgan fingerprint density at radius 2 is 2.16 bits per heavy atom. The third kappa shape index (κ3) is 6.15. The number of rotatable bonds is 8. The first-order valence-electron chi connectivity index (χ1n) is 11.8. The number of carbonyl (C=O) groups is 1. The van der Waals surface area contributed by atoms with Gasteiger partial charge in [0.25, 0.3) is 5.56 Å². The number of aromatic amines is 1. The van der Waals surface area contributed by atoms with Crippen molar-refractivity contribution in [3.8, 4) is 5.75 Å². The number of phosphoric acid groups is 1. The third-order valence-electron chi connectivity index (χ3n) is 6.28. The second-order valence-corrected chi connectivity index (χ2v) is 11.0. The number of para-hydroxylation sites is 1. The number of nitrogens with zero attached hydrogens (tertiary/aromatic N) is 1. The molecule has 0 bridgehead atoms. The largest absolute Gasteiger partial charge is 0.530 e. The van der Waals surface area contributed by atoms with Gasteiger partial charge in [0.1, 0.15) is 24.2 Å². The number of phosphoric ester groups is 1. The summed E-state index contributed by atoms with van der Waals surface area (Å²) in [5.41, 5.74) is 0.505. The molecule has 4 rings (SSSR count). The molecule has 1 aromatic heterocycles. The molecule has 2 unspecified atom stereocenters. The average Bonchev–Trinajstić information content (AvgIpc) is 3.26. The number of halogens is 1. The van der Waals surface area contributed by atoms with Crippen LogP contribution in [-0.2, 0) is 34.5 Å². The van der Waals surface area contributed by atoms with E-state index in [9.17, 15) is 18.9 Å². The Kier molecular flexibility index (Phi) is 8.55. The van der Waals surface area contributed by atoms with Crippen molar-refractivity contribution in [3.05, 3.63) is 66.9 Å².